The van der Waals surface area contributed by atoms with E-state index < -0.39 is 23.2 Å². The molecule has 14 heavy (non-hydrogen) atoms. The average Bonchev–Trinajstić information content (AvgIpc) is 1.78. The topological polar surface area (TPSA) is 163 Å². The van der Waals surface area contributed by atoms with Crippen molar-refractivity contribution < 1.29 is 42.2 Å². The van der Waals surface area contributed by atoms with Crippen molar-refractivity contribution >= 4 is 23.2 Å². The lowest BCUT2D eigenvalue weighted by Gasteiger charge is -2.15. The van der Waals surface area contributed by atoms with Gasteiger partial charge in [-0.3, -0.25) is 4.57 Å². The zero-order valence-corrected chi connectivity index (χ0v) is 9.36. The highest BCUT2D eigenvalue weighted by atomic mass is 31.3. The molecule has 0 aliphatic heterocycles. The molecule has 0 rings (SSSR count). The van der Waals surface area contributed by atoms with Gasteiger partial charge in [0.05, 0.1) is 0 Å². The summed E-state index contributed by atoms with van der Waals surface area (Å²) in [5.74, 6) is 0. The Morgan fingerprint density at radius 1 is 1.07 bits per heavy atom. The van der Waals surface area contributed by atoms with E-state index in [9.17, 15) is 13.7 Å². The van der Waals surface area contributed by atoms with Gasteiger partial charge in [0.1, 0.15) is 0 Å². The molecule has 5 N–H and O–H groups in total. The van der Waals surface area contributed by atoms with Crippen molar-refractivity contribution in [3.05, 3.63) is 0 Å². The predicted molar refractivity (Wildman–Crippen MR) is 42.5 cm³/mol. The first-order chi connectivity index (χ1) is 5.97. The maximum absolute atomic E-state index is 10.7. The van der Waals surface area contributed by atoms with Gasteiger partial charge in [-0.25, -0.2) is 13.4 Å². The van der Waals surface area contributed by atoms with Crippen LogP contribution in [0.4, 0.5) is 0 Å². The fraction of sp³-hybridized carbons (Fsp3) is 1.00. The van der Waals surface area contributed by atoms with E-state index in [0.717, 1.165) is 0 Å². The number of nitrogens with one attached hydrogen (secondary N) is 1. The minimum atomic E-state index is -5.20. The monoisotopic (exact) mass is 271 g/mol. The molecule has 0 aromatic carbocycles. The molecule has 0 bridgehead atoms. The summed E-state index contributed by atoms with van der Waals surface area (Å²) >= 11 is 0. The van der Waals surface area contributed by atoms with E-state index in [1.165, 1.54) is 0 Å². The number of hydrogen-bond acceptors (Lipinski definition) is 6. The summed E-state index contributed by atoms with van der Waals surface area (Å²) in [4.78, 5) is 25.5. The Bertz CT molecular complexity index is 329. The molecule has 0 saturated carbocycles. The molecule has 3 unspecified atom stereocenters. The standard InChI is InChI=1S/CH8NO9P3/c1-12(4,5)10-14(8,9)11-13(6,7)2-3/h3H,1H3,(H,4,5)(H,8,9)(H2,2,6,7). The zero-order valence-electron chi connectivity index (χ0n) is 6.67. The van der Waals surface area contributed by atoms with Gasteiger partial charge in [-0.2, -0.15) is 4.31 Å². The van der Waals surface area contributed by atoms with E-state index in [2.05, 4.69) is 8.62 Å². The van der Waals surface area contributed by atoms with Crippen LogP contribution in [0.5, 0.6) is 0 Å². The van der Waals surface area contributed by atoms with Crippen molar-refractivity contribution in [1.29, 1.82) is 0 Å². The predicted octanol–water partition coefficient (Wildman–Crippen LogP) is 0.0144. The lowest BCUT2D eigenvalue weighted by atomic mass is 12.0. The minimum Gasteiger partial charge on any atom is -0.324 e. The van der Waals surface area contributed by atoms with Crippen LogP contribution < -0.4 is 5.25 Å². The first kappa shape index (κ1) is 14.4. The molecule has 0 saturated heterocycles. The van der Waals surface area contributed by atoms with E-state index >= 15 is 0 Å². The number of hydrogen-bond donors (Lipinski definition) is 5. The third-order valence-corrected chi connectivity index (χ3v) is 4.60. The fourth-order valence-electron chi connectivity index (χ4n) is 0.364. The van der Waals surface area contributed by atoms with Gasteiger partial charge < -0.3 is 19.9 Å². The van der Waals surface area contributed by atoms with Gasteiger partial charge in [-0.15, -0.1) is 5.25 Å². The average molecular weight is 271 g/mol. The second-order valence-electron chi connectivity index (χ2n) is 2.06. The van der Waals surface area contributed by atoms with Crippen LogP contribution in [0, 0.1) is 0 Å². The second kappa shape index (κ2) is 4.51. The van der Waals surface area contributed by atoms with Crippen molar-refractivity contribution in [2.24, 2.45) is 0 Å². The van der Waals surface area contributed by atoms with Crippen LogP contribution in [-0.4, -0.2) is 26.6 Å². The van der Waals surface area contributed by atoms with Crippen molar-refractivity contribution in [1.82, 2.24) is 5.25 Å². The SMILES string of the molecule is CP(=O)(O)OP(=O)(O)OP(=O)(O)NO. The summed E-state index contributed by atoms with van der Waals surface area (Å²) in [6, 6.07) is 0. The van der Waals surface area contributed by atoms with E-state index in [0.29, 0.717) is 11.9 Å². The summed E-state index contributed by atoms with van der Waals surface area (Å²) in [5.41, 5.74) is 0. The van der Waals surface area contributed by atoms with Crippen LogP contribution in [0.2, 0.25) is 0 Å². The molecular weight excluding hydrogens is 263 g/mol. The minimum absolute atomic E-state index is 0.563. The largest absolute Gasteiger partial charge is 0.487 e. The molecule has 0 aromatic rings. The third kappa shape index (κ3) is 6.80. The Morgan fingerprint density at radius 3 is 1.79 bits per heavy atom. The van der Waals surface area contributed by atoms with Gasteiger partial charge in [0.15, 0.2) is 0 Å². The normalized spacial score (nSPS) is 24.6. The van der Waals surface area contributed by atoms with Gasteiger partial charge in [0, 0.05) is 6.66 Å². The summed E-state index contributed by atoms with van der Waals surface area (Å²) in [7, 11) is -14.5. The molecule has 0 spiro atoms. The molecular formula is CH8NO9P3. The van der Waals surface area contributed by atoms with Crippen LogP contribution in [0.1, 0.15) is 0 Å². The van der Waals surface area contributed by atoms with Crippen LogP contribution in [-0.2, 0) is 22.3 Å². The highest BCUT2D eigenvalue weighted by Gasteiger charge is 2.37. The van der Waals surface area contributed by atoms with Crippen molar-refractivity contribution in [3.63, 3.8) is 0 Å². The Labute approximate surface area is 78.2 Å². The molecule has 0 aliphatic carbocycles. The fourth-order valence-corrected chi connectivity index (χ4v) is 3.55. The molecule has 0 aliphatic rings. The van der Waals surface area contributed by atoms with Crippen LogP contribution in [0.3, 0.4) is 0 Å². The molecule has 0 heterocycles. The highest BCUT2D eigenvalue weighted by molar-refractivity contribution is 7.68. The summed E-state index contributed by atoms with van der Waals surface area (Å²) in [6.45, 7) is 0.563. The van der Waals surface area contributed by atoms with Crippen molar-refractivity contribution in [2.45, 2.75) is 0 Å². The molecule has 0 fully saturated rings. The quantitative estimate of drug-likeness (QED) is 0.340. The second-order valence-corrected chi connectivity index (χ2v) is 7.15. The smallest absolute Gasteiger partial charge is 0.324 e. The molecule has 0 amide bonds. The summed E-state index contributed by atoms with van der Waals surface area (Å²) < 4.78 is 38.7. The maximum Gasteiger partial charge on any atom is 0.487 e. The van der Waals surface area contributed by atoms with E-state index in [4.69, 9.17) is 19.9 Å². The van der Waals surface area contributed by atoms with Crippen LogP contribution in [0.15, 0.2) is 0 Å². The molecule has 86 valence electrons. The zero-order chi connectivity index (χ0) is 11.6. The maximum atomic E-state index is 10.7. The van der Waals surface area contributed by atoms with E-state index in [1.807, 2.05) is 0 Å². The molecule has 13 heteroatoms. The van der Waals surface area contributed by atoms with E-state index in [1.54, 1.807) is 0 Å². The first-order valence-electron chi connectivity index (χ1n) is 2.77. The van der Waals surface area contributed by atoms with Gasteiger partial charge in [-0.1, -0.05) is 0 Å². The lowest BCUT2D eigenvalue weighted by Crippen LogP contribution is -2.05. The Kier molecular flexibility index (Phi) is 4.64. The van der Waals surface area contributed by atoms with Crippen molar-refractivity contribution in [3.8, 4) is 0 Å². The Hall–Kier alpha value is 0.410. The van der Waals surface area contributed by atoms with Gasteiger partial charge in [-0.05, 0) is 0 Å². The number of rotatable bonds is 5. The van der Waals surface area contributed by atoms with Gasteiger partial charge in [0.2, 0.25) is 0 Å². The lowest BCUT2D eigenvalue weighted by molar-refractivity contribution is 0.182. The number of phosphoric acid groups is 1. The van der Waals surface area contributed by atoms with Crippen LogP contribution >= 0.6 is 23.2 Å². The summed E-state index contributed by atoms with van der Waals surface area (Å²) in [5, 5.41) is 8.64. The Balaban J connectivity index is 4.60. The summed E-state index contributed by atoms with van der Waals surface area (Å²) in [6.07, 6.45) is 0. The molecule has 10 nitrogen and oxygen atoms in total. The molecule has 0 radical (unpaired) electrons. The van der Waals surface area contributed by atoms with Gasteiger partial charge >= 0.3 is 23.2 Å². The highest BCUT2D eigenvalue weighted by Crippen LogP contribution is 2.64. The van der Waals surface area contributed by atoms with Crippen molar-refractivity contribution in [2.75, 3.05) is 6.66 Å². The first-order valence-corrected chi connectivity index (χ1v) is 7.87. The van der Waals surface area contributed by atoms with Gasteiger partial charge in [0.25, 0.3) is 0 Å². The Morgan fingerprint density at radius 2 is 1.50 bits per heavy atom. The molecule has 3 atom stereocenters. The van der Waals surface area contributed by atoms with Crippen LogP contribution in [0.25, 0.3) is 0 Å². The molecule has 0 aromatic heterocycles. The third-order valence-electron chi connectivity index (χ3n) is 0.595. The van der Waals surface area contributed by atoms with E-state index in [-0.39, 0.29) is 0 Å².